The van der Waals surface area contributed by atoms with Crippen LogP contribution in [0.1, 0.15) is 32.9 Å². The Morgan fingerprint density at radius 1 is 1.36 bits per heavy atom. The molecule has 7 heteroatoms. The summed E-state index contributed by atoms with van der Waals surface area (Å²) in [5.74, 6) is 1.68. The molecule has 1 aromatic heterocycles. The number of aromatic nitrogens is 2. The van der Waals surface area contributed by atoms with E-state index in [1.54, 1.807) is 0 Å². The minimum atomic E-state index is -0.381. The highest BCUT2D eigenvalue weighted by molar-refractivity contribution is 5.83. The molecule has 2 unspecified atom stereocenters. The summed E-state index contributed by atoms with van der Waals surface area (Å²) in [5, 5.41) is 10.4. The molecule has 1 aliphatic heterocycles. The van der Waals surface area contributed by atoms with E-state index in [4.69, 9.17) is 4.74 Å². The second-order valence-corrected chi connectivity index (χ2v) is 6.61. The fourth-order valence-electron chi connectivity index (χ4n) is 2.95. The van der Waals surface area contributed by atoms with Gasteiger partial charge in [0.1, 0.15) is 5.75 Å². The van der Waals surface area contributed by atoms with Gasteiger partial charge in [-0.3, -0.25) is 10.1 Å². The lowest BCUT2D eigenvalue weighted by atomic mass is 9.99. The molecule has 0 saturated carbocycles. The first-order chi connectivity index (χ1) is 12.0. The molecular formula is C18H25N5O2. The summed E-state index contributed by atoms with van der Waals surface area (Å²) in [6, 6.07) is 5.90. The van der Waals surface area contributed by atoms with Crippen molar-refractivity contribution in [1.29, 1.82) is 0 Å². The number of nitrogens with zero attached hydrogens (tertiary/aromatic N) is 2. The summed E-state index contributed by atoms with van der Waals surface area (Å²) in [6.45, 7) is 8.71. The molecular weight excluding hydrogens is 318 g/mol. The van der Waals surface area contributed by atoms with Crippen molar-refractivity contribution in [2.45, 2.75) is 46.4 Å². The van der Waals surface area contributed by atoms with Gasteiger partial charge in [0, 0.05) is 17.8 Å². The van der Waals surface area contributed by atoms with E-state index in [-0.39, 0.29) is 18.2 Å². The molecule has 3 rings (SSSR count). The second kappa shape index (κ2) is 7.23. The molecule has 7 nitrogen and oxygen atoms in total. The number of nitrogens with one attached hydrogen (secondary N) is 3. The summed E-state index contributed by atoms with van der Waals surface area (Å²) in [6.07, 6.45) is 0.0985. The Morgan fingerprint density at radius 3 is 2.88 bits per heavy atom. The van der Waals surface area contributed by atoms with Crippen molar-refractivity contribution in [1.82, 2.24) is 20.6 Å². The lowest BCUT2D eigenvalue weighted by Crippen LogP contribution is -2.61. The highest BCUT2D eigenvalue weighted by Gasteiger charge is 2.28. The fraction of sp³-hybridized carbons (Fsp3) is 0.500. The molecule has 2 heterocycles. The highest BCUT2D eigenvalue weighted by atomic mass is 16.5. The minimum Gasteiger partial charge on any atom is -0.494 e. The van der Waals surface area contributed by atoms with Gasteiger partial charge < -0.3 is 15.4 Å². The van der Waals surface area contributed by atoms with Gasteiger partial charge in [0.25, 0.3) is 0 Å². The summed E-state index contributed by atoms with van der Waals surface area (Å²) in [4.78, 5) is 21.0. The van der Waals surface area contributed by atoms with Crippen molar-refractivity contribution >= 4 is 22.8 Å². The zero-order chi connectivity index (χ0) is 18.0. The van der Waals surface area contributed by atoms with Gasteiger partial charge in [-0.2, -0.15) is 0 Å². The molecule has 25 heavy (non-hydrogen) atoms. The van der Waals surface area contributed by atoms with E-state index >= 15 is 0 Å². The van der Waals surface area contributed by atoms with E-state index in [2.05, 4.69) is 39.8 Å². The van der Waals surface area contributed by atoms with Crippen molar-refractivity contribution in [3.63, 3.8) is 0 Å². The Hall–Kier alpha value is -2.41. The van der Waals surface area contributed by atoms with E-state index in [0.29, 0.717) is 24.9 Å². The molecule has 0 aliphatic carbocycles. The van der Waals surface area contributed by atoms with E-state index in [0.717, 1.165) is 22.3 Å². The number of anilines is 1. The third-order valence-corrected chi connectivity index (χ3v) is 4.34. The molecule has 2 aromatic rings. The summed E-state index contributed by atoms with van der Waals surface area (Å²) in [5.41, 5.74) is 1.69. The smallest absolute Gasteiger partial charge is 0.226 e. The zero-order valence-corrected chi connectivity index (χ0v) is 15.1. The van der Waals surface area contributed by atoms with Crippen LogP contribution >= 0.6 is 0 Å². The average molecular weight is 343 g/mol. The predicted molar refractivity (Wildman–Crippen MR) is 97.4 cm³/mol. The zero-order valence-electron chi connectivity index (χ0n) is 15.1. The monoisotopic (exact) mass is 343 g/mol. The lowest BCUT2D eigenvalue weighted by molar-refractivity contribution is -0.124. The fourth-order valence-corrected chi connectivity index (χ4v) is 2.95. The lowest BCUT2D eigenvalue weighted by Gasteiger charge is -2.34. The average Bonchev–Trinajstić information content (AvgIpc) is 2.55. The van der Waals surface area contributed by atoms with E-state index in [1.807, 2.05) is 32.0 Å². The standard InChI is InChI=1S/C18H25N5O2/c1-5-25-12-6-7-14-13(8-12)11(4)19-17(20-14)23-18-21-15(10(2)3)9-16(24)22-18/h6-8,10,15,18,21H,5,9H2,1-4H3,(H,22,24)(H,19,20,23). The molecule has 1 amide bonds. The predicted octanol–water partition coefficient (Wildman–Crippen LogP) is 2.17. The number of ether oxygens (including phenoxy) is 1. The number of carbonyl (C=O) groups is 1. The number of aryl methyl sites for hydroxylation is 1. The Balaban J connectivity index is 1.82. The van der Waals surface area contributed by atoms with Gasteiger partial charge >= 0.3 is 0 Å². The van der Waals surface area contributed by atoms with Crippen molar-refractivity contribution < 1.29 is 9.53 Å². The summed E-state index contributed by atoms with van der Waals surface area (Å²) >= 11 is 0. The van der Waals surface area contributed by atoms with Gasteiger partial charge in [0.2, 0.25) is 11.9 Å². The number of amides is 1. The van der Waals surface area contributed by atoms with E-state index in [1.165, 1.54) is 0 Å². The first kappa shape index (κ1) is 17.4. The number of hydrogen-bond acceptors (Lipinski definition) is 6. The van der Waals surface area contributed by atoms with Crippen LogP contribution in [0.3, 0.4) is 0 Å². The van der Waals surface area contributed by atoms with Gasteiger partial charge in [-0.05, 0) is 38.0 Å². The van der Waals surface area contributed by atoms with Crippen LogP contribution in [0.4, 0.5) is 5.95 Å². The number of rotatable bonds is 5. The maximum absolute atomic E-state index is 11.9. The largest absolute Gasteiger partial charge is 0.494 e. The van der Waals surface area contributed by atoms with Crippen LogP contribution in [0.5, 0.6) is 5.75 Å². The van der Waals surface area contributed by atoms with Crippen LogP contribution in [0, 0.1) is 12.8 Å². The van der Waals surface area contributed by atoms with Gasteiger partial charge in [0.15, 0.2) is 6.29 Å². The Bertz CT molecular complexity index is 777. The van der Waals surface area contributed by atoms with Crippen molar-refractivity contribution in [2.75, 3.05) is 11.9 Å². The van der Waals surface area contributed by atoms with Gasteiger partial charge in [-0.15, -0.1) is 0 Å². The Kier molecular flexibility index (Phi) is 5.03. The summed E-state index contributed by atoms with van der Waals surface area (Å²) < 4.78 is 5.54. The number of carbonyl (C=O) groups excluding carboxylic acids is 1. The topological polar surface area (TPSA) is 88.2 Å². The van der Waals surface area contributed by atoms with Crippen molar-refractivity contribution in [3.05, 3.63) is 23.9 Å². The molecule has 1 fully saturated rings. The Morgan fingerprint density at radius 2 is 2.16 bits per heavy atom. The van der Waals surface area contributed by atoms with Crippen LogP contribution in [-0.2, 0) is 4.79 Å². The number of hydrogen-bond donors (Lipinski definition) is 3. The molecule has 0 radical (unpaired) electrons. The molecule has 1 aliphatic rings. The maximum atomic E-state index is 11.9. The minimum absolute atomic E-state index is 0.0221. The first-order valence-corrected chi connectivity index (χ1v) is 8.69. The van der Waals surface area contributed by atoms with Crippen molar-refractivity contribution in [2.24, 2.45) is 5.92 Å². The molecule has 0 spiro atoms. The first-order valence-electron chi connectivity index (χ1n) is 8.69. The third-order valence-electron chi connectivity index (χ3n) is 4.34. The van der Waals surface area contributed by atoms with Crippen LogP contribution in [0.15, 0.2) is 18.2 Å². The van der Waals surface area contributed by atoms with Crippen LogP contribution < -0.4 is 20.7 Å². The molecule has 1 aromatic carbocycles. The molecule has 0 bridgehead atoms. The molecule has 2 atom stereocenters. The van der Waals surface area contributed by atoms with E-state index < -0.39 is 0 Å². The van der Waals surface area contributed by atoms with Crippen molar-refractivity contribution in [3.8, 4) is 5.75 Å². The van der Waals surface area contributed by atoms with Crippen LogP contribution in [0.2, 0.25) is 0 Å². The number of benzene rings is 1. The maximum Gasteiger partial charge on any atom is 0.226 e. The van der Waals surface area contributed by atoms with Crippen LogP contribution in [-0.4, -0.2) is 34.8 Å². The van der Waals surface area contributed by atoms with E-state index in [9.17, 15) is 4.79 Å². The number of fused-ring (bicyclic) bond motifs is 1. The molecule has 1 saturated heterocycles. The normalized spacial score (nSPS) is 20.6. The van der Waals surface area contributed by atoms with Gasteiger partial charge in [-0.1, -0.05) is 13.8 Å². The highest BCUT2D eigenvalue weighted by Crippen LogP contribution is 2.23. The second-order valence-electron chi connectivity index (χ2n) is 6.61. The van der Waals surface area contributed by atoms with Gasteiger partial charge in [0.05, 0.1) is 17.8 Å². The molecule has 134 valence electrons. The third kappa shape index (κ3) is 3.99. The Labute approximate surface area is 147 Å². The SMILES string of the molecule is CCOc1ccc2nc(NC3NC(=O)CC(C(C)C)N3)nc(C)c2c1. The summed E-state index contributed by atoms with van der Waals surface area (Å²) in [7, 11) is 0. The quantitative estimate of drug-likeness (QED) is 0.771. The van der Waals surface area contributed by atoms with Gasteiger partial charge in [-0.25, -0.2) is 9.97 Å². The van der Waals surface area contributed by atoms with Crippen LogP contribution in [0.25, 0.3) is 10.9 Å². The molecule has 3 N–H and O–H groups in total.